The van der Waals surface area contributed by atoms with Crippen LogP contribution in [0.15, 0.2) is 48.5 Å². The maximum absolute atomic E-state index is 11.0. The highest BCUT2D eigenvalue weighted by molar-refractivity contribution is 7.32. The summed E-state index contributed by atoms with van der Waals surface area (Å²) in [6.45, 7) is 4.00. The van der Waals surface area contributed by atoms with E-state index in [0.717, 1.165) is 22.3 Å². The molecule has 2 aromatic rings. The van der Waals surface area contributed by atoms with E-state index < -0.39 is 14.4 Å². The van der Waals surface area contributed by atoms with Crippen LogP contribution in [0, 0.1) is 13.8 Å². The van der Waals surface area contributed by atoms with Gasteiger partial charge in [0.15, 0.2) is 6.10 Å². The molecule has 0 bridgehead atoms. The van der Waals surface area contributed by atoms with Crippen molar-refractivity contribution in [3.05, 3.63) is 70.8 Å². The number of benzene rings is 2. The molecule has 0 aliphatic carbocycles. The monoisotopic (exact) mass is 275 g/mol. The second-order valence-corrected chi connectivity index (χ2v) is 5.23. The van der Waals surface area contributed by atoms with E-state index in [9.17, 15) is 4.57 Å². The molecule has 2 rings (SSSR count). The second-order valence-electron chi connectivity index (χ2n) is 4.54. The third-order valence-corrected chi connectivity index (χ3v) is 3.35. The van der Waals surface area contributed by atoms with Crippen LogP contribution >= 0.6 is 8.25 Å². The fourth-order valence-electron chi connectivity index (χ4n) is 1.89. The Balaban J connectivity index is 2.37. The number of aryl methyl sites for hydroxylation is 2. The molecule has 0 saturated heterocycles. The van der Waals surface area contributed by atoms with E-state index in [0.29, 0.717) is 0 Å². The minimum absolute atomic E-state index is 0.519. The van der Waals surface area contributed by atoms with Crippen LogP contribution < -0.4 is 0 Å². The Hall–Kier alpha value is -1.54. The first-order valence-corrected chi connectivity index (χ1v) is 7.15. The first-order valence-electron chi connectivity index (χ1n) is 6.02. The Morgan fingerprint density at radius 3 is 1.58 bits per heavy atom. The van der Waals surface area contributed by atoms with Gasteiger partial charge in [-0.05, 0) is 25.0 Å². The van der Waals surface area contributed by atoms with E-state index in [1.807, 2.05) is 62.4 Å². The largest absolute Gasteiger partial charge is 0.695 e. The van der Waals surface area contributed by atoms with E-state index in [1.54, 1.807) is 0 Å². The van der Waals surface area contributed by atoms with Gasteiger partial charge in [0.2, 0.25) is 0 Å². The van der Waals surface area contributed by atoms with Gasteiger partial charge in [0, 0.05) is 4.57 Å². The lowest BCUT2D eigenvalue weighted by Gasteiger charge is -2.12. The van der Waals surface area contributed by atoms with Crippen molar-refractivity contribution in [1.29, 1.82) is 0 Å². The van der Waals surface area contributed by atoms with Crippen LogP contribution in [0.3, 0.4) is 0 Å². The van der Waals surface area contributed by atoms with Crippen molar-refractivity contribution in [2.75, 3.05) is 0 Å². The molecule has 0 fully saturated rings. The number of rotatable bonds is 4. The van der Waals surface area contributed by atoms with Crippen molar-refractivity contribution >= 4 is 8.25 Å². The highest BCUT2D eigenvalue weighted by Crippen LogP contribution is 2.34. The second kappa shape index (κ2) is 6.07. The Kier molecular flexibility index (Phi) is 4.43. The van der Waals surface area contributed by atoms with Crippen LogP contribution in [0.1, 0.15) is 28.4 Å². The molecule has 1 unspecified atom stereocenters. The normalized spacial score (nSPS) is 11.7. The van der Waals surface area contributed by atoms with Gasteiger partial charge in [0.1, 0.15) is 0 Å². The van der Waals surface area contributed by atoms with Gasteiger partial charge in [0.25, 0.3) is 0 Å². The third kappa shape index (κ3) is 3.71. The standard InChI is InChI=1S/C15H15O3P/c1-11-3-7-13(8-4-11)15(18-19(16)17)14-9-5-12(2)6-10-14/h3-10,15H,1-2H3/p+1. The molecule has 0 radical (unpaired) electrons. The fraction of sp³-hybridized carbons (Fsp3) is 0.200. The predicted molar refractivity (Wildman–Crippen MR) is 75.1 cm³/mol. The van der Waals surface area contributed by atoms with Crippen molar-refractivity contribution in [2.24, 2.45) is 0 Å². The maximum atomic E-state index is 11.0. The smallest absolute Gasteiger partial charge is 0.133 e. The molecule has 19 heavy (non-hydrogen) atoms. The van der Waals surface area contributed by atoms with Gasteiger partial charge in [-0.1, -0.05) is 59.7 Å². The summed E-state index contributed by atoms with van der Waals surface area (Å²) in [6, 6.07) is 15.5. The first kappa shape index (κ1) is 13.9. The van der Waals surface area contributed by atoms with E-state index in [-0.39, 0.29) is 0 Å². The molecule has 1 atom stereocenters. The topological polar surface area (TPSA) is 46.5 Å². The molecular weight excluding hydrogens is 259 g/mol. The van der Waals surface area contributed by atoms with Crippen LogP contribution in [0.5, 0.6) is 0 Å². The summed E-state index contributed by atoms with van der Waals surface area (Å²) >= 11 is 0. The molecule has 0 heterocycles. The van der Waals surface area contributed by atoms with Crippen molar-refractivity contribution in [3.63, 3.8) is 0 Å². The van der Waals surface area contributed by atoms with Gasteiger partial charge < -0.3 is 0 Å². The fourth-order valence-corrected chi connectivity index (χ4v) is 2.31. The summed E-state index contributed by atoms with van der Waals surface area (Å²) in [7, 11) is -2.65. The van der Waals surface area contributed by atoms with Crippen LogP contribution in [0.2, 0.25) is 0 Å². The van der Waals surface area contributed by atoms with Gasteiger partial charge in [-0.3, -0.25) is 0 Å². The molecule has 3 nitrogen and oxygen atoms in total. The molecule has 98 valence electrons. The average molecular weight is 275 g/mol. The minimum Gasteiger partial charge on any atom is -0.133 e. The average Bonchev–Trinajstić information content (AvgIpc) is 2.38. The van der Waals surface area contributed by atoms with E-state index >= 15 is 0 Å². The van der Waals surface area contributed by atoms with Gasteiger partial charge in [-0.2, -0.15) is 0 Å². The summed E-state index contributed by atoms with van der Waals surface area (Å²) in [5.74, 6) is 0. The molecule has 4 heteroatoms. The Bertz CT molecular complexity index is 515. The Morgan fingerprint density at radius 1 is 0.895 bits per heavy atom. The summed E-state index contributed by atoms with van der Waals surface area (Å²) < 4.78 is 16.2. The van der Waals surface area contributed by atoms with E-state index in [4.69, 9.17) is 9.42 Å². The highest BCUT2D eigenvalue weighted by Gasteiger charge is 2.26. The SMILES string of the molecule is Cc1ccc(C(O[P+](=O)O)c2ccc(C)cc2)cc1. The summed E-state index contributed by atoms with van der Waals surface area (Å²) in [5.41, 5.74) is 4.01. The highest BCUT2D eigenvalue weighted by atomic mass is 31.1. The van der Waals surface area contributed by atoms with Gasteiger partial charge in [-0.25, -0.2) is 0 Å². The summed E-state index contributed by atoms with van der Waals surface area (Å²) in [5, 5.41) is 0. The van der Waals surface area contributed by atoms with Crippen LogP contribution in [0.25, 0.3) is 0 Å². The van der Waals surface area contributed by atoms with E-state index in [2.05, 4.69) is 0 Å². The van der Waals surface area contributed by atoms with Crippen molar-refractivity contribution in [1.82, 2.24) is 0 Å². The molecule has 0 aliphatic rings. The number of hydrogen-bond donors (Lipinski definition) is 1. The van der Waals surface area contributed by atoms with E-state index in [1.165, 1.54) is 0 Å². The molecular formula is C15H16O3P+. The zero-order chi connectivity index (χ0) is 13.8. The lowest BCUT2D eigenvalue weighted by molar-refractivity contribution is 0.226. The predicted octanol–water partition coefficient (Wildman–Crippen LogP) is 4.06. The molecule has 0 aromatic heterocycles. The Labute approximate surface area is 113 Å². The van der Waals surface area contributed by atoms with Gasteiger partial charge in [-0.15, -0.1) is 9.42 Å². The molecule has 0 amide bonds. The number of hydrogen-bond acceptors (Lipinski definition) is 2. The molecule has 0 spiro atoms. The first-order chi connectivity index (χ1) is 9.06. The maximum Gasteiger partial charge on any atom is 0.695 e. The van der Waals surface area contributed by atoms with Crippen molar-refractivity contribution < 1.29 is 14.0 Å². The Morgan fingerprint density at radius 2 is 1.26 bits per heavy atom. The quantitative estimate of drug-likeness (QED) is 0.856. The molecule has 2 aromatic carbocycles. The molecule has 1 N–H and O–H groups in total. The van der Waals surface area contributed by atoms with Crippen LogP contribution in [-0.2, 0) is 9.09 Å². The van der Waals surface area contributed by atoms with Crippen LogP contribution in [0.4, 0.5) is 0 Å². The zero-order valence-electron chi connectivity index (χ0n) is 10.9. The molecule has 0 saturated carbocycles. The third-order valence-electron chi connectivity index (χ3n) is 2.96. The lowest BCUT2D eigenvalue weighted by Crippen LogP contribution is -2.02. The summed E-state index contributed by atoms with van der Waals surface area (Å²) in [4.78, 5) is 9.04. The molecule has 0 aliphatic heterocycles. The van der Waals surface area contributed by atoms with Gasteiger partial charge >= 0.3 is 8.25 Å². The van der Waals surface area contributed by atoms with Crippen LogP contribution in [-0.4, -0.2) is 4.89 Å². The zero-order valence-corrected chi connectivity index (χ0v) is 11.8. The minimum atomic E-state index is -2.65. The van der Waals surface area contributed by atoms with Crippen molar-refractivity contribution in [3.8, 4) is 0 Å². The summed E-state index contributed by atoms with van der Waals surface area (Å²) in [6.07, 6.45) is -0.519. The lowest BCUT2D eigenvalue weighted by atomic mass is 10.00. The van der Waals surface area contributed by atoms with Crippen molar-refractivity contribution in [2.45, 2.75) is 20.0 Å². The van der Waals surface area contributed by atoms with Gasteiger partial charge in [0.05, 0.1) is 0 Å².